The normalized spacial score (nSPS) is 26.6. The largest absolute Gasteiger partial charge is 0.338 e. The minimum Gasteiger partial charge on any atom is -0.338 e. The second-order valence-corrected chi connectivity index (χ2v) is 4.62. The van der Waals surface area contributed by atoms with Crippen molar-refractivity contribution in [3.8, 4) is 0 Å². The summed E-state index contributed by atoms with van der Waals surface area (Å²) in [5, 5.41) is 5.68. The van der Waals surface area contributed by atoms with Gasteiger partial charge in [0.25, 0.3) is 0 Å². The van der Waals surface area contributed by atoms with E-state index in [1.54, 1.807) is 0 Å². The molecule has 1 atom stereocenters. The van der Waals surface area contributed by atoms with E-state index in [9.17, 15) is 4.79 Å². The third kappa shape index (κ3) is 3.09. The molecule has 4 heteroatoms. The Bertz CT molecular complexity index is 228. The van der Waals surface area contributed by atoms with Gasteiger partial charge in [0.1, 0.15) is 0 Å². The van der Waals surface area contributed by atoms with Crippen LogP contribution >= 0.6 is 0 Å². The molecule has 0 aromatic rings. The zero-order valence-electron chi connectivity index (χ0n) is 9.46. The number of hydrogen-bond donors (Lipinski definition) is 2. The summed E-state index contributed by atoms with van der Waals surface area (Å²) in [6, 6.07) is 0.849. The topological polar surface area (TPSA) is 44.4 Å². The molecule has 2 aliphatic rings. The number of hydrogen-bond acceptors (Lipinski definition) is 2. The van der Waals surface area contributed by atoms with Gasteiger partial charge >= 0.3 is 6.03 Å². The van der Waals surface area contributed by atoms with Crippen LogP contribution in [0, 0.1) is 5.92 Å². The summed E-state index contributed by atoms with van der Waals surface area (Å²) in [7, 11) is 0. The second-order valence-electron chi connectivity index (χ2n) is 4.62. The molecule has 1 aliphatic heterocycles. The number of amides is 2. The average molecular weight is 211 g/mol. The lowest BCUT2D eigenvalue weighted by Crippen LogP contribution is -2.38. The van der Waals surface area contributed by atoms with Gasteiger partial charge in [0.2, 0.25) is 0 Å². The van der Waals surface area contributed by atoms with Crippen molar-refractivity contribution in [3.05, 3.63) is 0 Å². The van der Waals surface area contributed by atoms with Gasteiger partial charge in [-0.25, -0.2) is 4.79 Å². The molecule has 1 aliphatic carbocycles. The summed E-state index contributed by atoms with van der Waals surface area (Å²) in [6.07, 6.45) is 4.01. The summed E-state index contributed by atoms with van der Waals surface area (Å²) in [4.78, 5) is 13.8. The molecule has 0 radical (unpaired) electrons. The summed E-state index contributed by atoms with van der Waals surface area (Å²) >= 11 is 0. The molecule has 4 nitrogen and oxygen atoms in total. The molecule has 0 aromatic heterocycles. The van der Waals surface area contributed by atoms with Crippen LogP contribution in [0.3, 0.4) is 0 Å². The third-order valence-corrected chi connectivity index (χ3v) is 3.27. The molecule has 0 bridgehead atoms. The molecule has 15 heavy (non-hydrogen) atoms. The second kappa shape index (κ2) is 4.84. The Hall–Kier alpha value is -0.770. The van der Waals surface area contributed by atoms with E-state index >= 15 is 0 Å². The fourth-order valence-electron chi connectivity index (χ4n) is 2.26. The summed E-state index contributed by atoms with van der Waals surface area (Å²) in [6.45, 7) is 5.87. The molecule has 2 amide bonds. The highest BCUT2D eigenvalue weighted by Gasteiger charge is 2.34. The zero-order valence-corrected chi connectivity index (χ0v) is 9.46. The van der Waals surface area contributed by atoms with Crippen LogP contribution in [0.1, 0.15) is 26.2 Å². The maximum absolute atomic E-state index is 11.2. The molecular weight excluding hydrogens is 190 g/mol. The maximum Gasteiger partial charge on any atom is 0.314 e. The van der Waals surface area contributed by atoms with Crippen molar-refractivity contribution in [1.82, 2.24) is 15.5 Å². The Morgan fingerprint density at radius 1 is 1.33 bits per heavy atom. The summed E-state index contributed by atoms with van der Waals surface area (Å²) in [5.41, 5.74) is 0. The number of carbonyl (C=O) groups is 1. The van der Waals surface area contributed by atoms with Crippen molar-refractivity contribution in [2.45, 2.75) is 32.2 Å². The van der Waals surface area contributed by atoms with E-state index in [-0.39, 0.29) is 6.03 Å². The number of rotatable bonds is 4. The van der Waals surface area contributed by atoms with Crippen LogP contribution in [-0.2, 0) is 0 Å². The summed E-state index contributed by atoms with van der Waals surface area (Å²) in [5.74, 6) is 0.660. The van der Waals surface area contributed by atoms with Crippen LogP contribution in [0.15, 0.2) is 0 Å². The smallest absolute Gasteiger partial charge is 0.314 e. The number of nitrogens with one attached hydrogen (secondary N) is 2. The van der Waals surface area contributed by atoms with Crippen LogP contribution in [0.4, 0.5) is 4.79 Å². The number of carbonyl (C=O) groups excluding carboxylic acids is 1. The number of urea groups is 1. The first kappa shape index (κ1) is 10.7. The van der Waals surface area contributed by atoms with Crippen molar-refractivity contribution < 1.29 is 4.79 Å². The first-order chi connectivity index (χ1) is 7.29. The van der Waals surface area contributed by atoms with Crippen molar-refractivity contribution in [1.29, 1.82) is 0 Å². The van der Waals surface area contributed by atoms with Gasteiger partial charge in [-0.3, -0.25) is 0 Å². The monoisotopic (exact) mass is 211 g/mol. The van der Waals surface area contributed by atoms with E-state index in [1.165, 1.54) is 32.4 Å². The first-order valence-electron chi connectivity index (χ1n) is 6.05. The molecule has 0 aromatic carbocycles. The lowest BCUT2D eigenvalue weighted by atomic mass is 10.1. The molecule has 86 valence electrons. The highest BCUT2D eigenvalue weighted by Crippen LogP contribution is 2.31. The van der Waals surface area contributed by atoms with Gasteiger partial charge in [0, 0.05) is 25.7 Å². The van der Waals surface area contributed by atoms with E-state index in [0.717, 1.165) is 12.6 Å². The highest BCUT2D eigenvalue weighted by molar-refractivity contribution is 5.73. The van der Waals surface area contributed by atoms with Crippen LogP contribution in [0.25, 0.3) is 0 Å². The van der Waals surface area contributed by atoms with Gasteiger partial charge in [-0.15, -0.1) is 0 Å². The molecule has 2 rings (SSSR count). The van der Waals surface area contributed by atoms with Crippen molar-refractivity contribution in [3.63, 3.8) is 0 Å². The lowest BCUT2D eigenvalue weighted by Gasteiger charge is -2.15. The maximum atomic E-state index is 11.2. The Kier molecular flexibility index (Phi) is 3.46. The molecule has 0 unspecified atom stereocenters. The van der Waals surface area contributed by atoms with Gasteiger partial charge < -0.3 is 15.5 Å². The first-order valence-corrected chi connectivity index (χ1v) is 6.05. The van der Waals surface area contributed by atoms with Crippen LogP contribution in [0.5, 0.6) is 0 Å². The van der Waals surface area contributed by atoms with Gasteiger partial charge in [0.15, 0.2) is 0 Å². The Balaban J connectivity index is 1.61. The Morgan fingerprint density at radius 3 is 2.80 bits per heavy atom. The molecule has 2 fully saturated rings. The van der Waals surface area contributed by atoms with Crippen LogP contribution in [0.2, 0.25) is 0 Å². The SMILES string of the molecule is CCNC(=O)NC[C@H]1CCN(C2CC2)C1. The summed E-state index contributed by atoms with van der Waals surface area (Å²) < 4.78 is 0. The standard InChI is InChI=1S/C11H21N3O/c1-2-12-11(15)13-7-9-5-6-14(8-9)10-3-4-10/h9-10H,2-8H2,1H3,(H2,12,13,15)/t9-/m1/s1. The number of nitrogens with zero attached hydrogens (tertiary/aromatic N) is 1. The fraction of sp³-hybridized carbons (Fsp3) is 0.909. The van der Waals surface area contributed by atoms with E-state index in [2.05, 4.69) is 15.5 Å². The van der Waals surface area contributed by atoms with Gasteiger partial charge in [-0.05, 0) is 38.6 Å². The molecule has 1 saturated heterocycles. The molecule has 1 saturated carbocycles. The minimum absolute atomic E-state index is 0.0256. The predicted octanol–water partition coefficient (Wildman–Crippen LogP) is 0.790. The van der Waals surface area contributed by atoms with Crippen molar-refractivity contribution >= 4 is 6.03 Å². The van der Waals surface area contributed by atoms with E-state index < -0.39 is 0 Å². The van der Waals surface area contributed by atoms with Gasteiger partial charge in [-0.2, -0.15) is 0 Å². The zero-order chi connectivity index (χ0) is 10.7. The molecule has 1 heterocycles. The van der Waals surface area contributed by atoms with Gasteiger partial charge in [-0.1, -0.05) is 0 Å². The molecule has 2 N–H and O–H groups in total. The Morgan fingerprint density at radius 2 is 2.13 bits per heavy atom. The Labute approximate surface area is 91.4 Å². The fourth-order valence-corrected chi connectivity index (χ4v) is 2.26. The molecule has 0 spiro atoms. The van der Waals surface area contributed by atoms with Crippen molar-refractivity contribution in [2.75, 3.05) is 26.2 Å². The van der Waals surface area contributed by atoms with E-state index in [1.807, 2.05) is 6.92 Å². The third-order valence-electron chi connectivity index (χ3n) is 3.27. The van der Waals surface area contributed by atoms with Gasteiger partial charge in [0.05, 0.1) is 0 Å². The van der Waals surface area contributed by atoms with E-state index in [0.29, 0.717) is 12.5 Å². The average Bonchev–Trinajstić information content (AvgIpc) is 2.96. The minimum atomic E-state index is -0.0256. The molecular formula is C11H21N3O. The van der Waals surface area contributed by atoms with Crippen LogP contribution < -0.4 is 10.6 Å². The highest BCUT2D eigenvalue weighted by atomic mass is 16.2. The quantitative estimate of drug-likeness (QED) is 0.722. The van der Waals surface area contributed by atoms with Crippen molar-refractivity contribution in [2.24, 2.45) is 5.92 Å². The van der Waals surface area contributed by atoms with E-state index in [4.69, 9.17) is 0 Å². The lowest BCUT2D eigenvalue weighted by molar-refractivity contribution is 0.239. The van der Waals surface area contributed by atoms with Crippen LogP contribution in [-0.4, -0.2) is 43.2 Å². The number of likely N-dealkylation sites (tertiary alicyclic amines) is 1. The predicted molar refractivity (Wildman–Crippen MR) is 59.8 cm³/mol.